The van der Waals surface area contributed by atoms with Gasteiger partial charge in [0.2, 0.25) is 0 Å². The molecule has 6 rings (SSSR count). The highest BCUT2D eigenvalue weighted by Gasteiger charge is 2.21. The zero-order valence-electron chi connectivity index (χ0n) is 17.1. The molecule has 0 saturated carbocycles. The number of hydrogen-bond donors (Lipinski definition) is 3. The summed E-state index contributed by atoms with van der Waals surface area (Å²) in [6, 6.07) is 16.2. The standard InChI is InChI=1S/C25H20N4O2/c1-30-14-5-7-21-17(10-14)19(12-27-21)23-16-4-3-9-26-25(16)29-24(23)20-13-28-22-8-6-15(31-2)11-18(20)22/h3-13,27-28H,1-2H3,(H,26,29). The van der Waals surface area contributed by atoms with E-state index in [2.05, 4.69) is 44.3 Å². The molecule has 0 bridgehead atoms. The summed E-state index contributed by atoms with van der Waals surface area (Å²) in [6.07, 6.45) is 5.90. The van der Waals surface area contributed by atoms with Gasteiger partial charge < -0.3 is 24.4 Å². The average molecular weight is 408 g/mol. The number of aromatic amines is 3. The molecule has 4 aromatic heterocycles. The van der Waals surface area contributed by atoms with E-state index in [0.717, 1.165) is 66.7 Å². The Morgan fingerprint density at radius 1 is 0.742 bits per heavy atom. The van der Waals surface area contributed by atoms with Gasteiger partial charge in [-0.2, -0.15) is 0 Å². The van der Waals surface area contributed by atoms with E-state index in [4.69, 9.17) is 9.47 Å². The molecule has 0 spiro atoms. The molecule has 6 heteroatoms. The fourth-order valence-corrected chi connectivity index (χ4v) is 4.37. The Balaban J connectivity index is 1.69. The zero-order valence-corrected chi connectivity index (χ0v) is 17.1. The van der Waals surface area contributed by atoms with E-state index in [1.807, 2.05) is 42.7 Å². The fraction of sp³-hybridized carbons (Fsp3) is 0.0800. The summed E-state index contributed by atoms with van der Waals surface area (Å²) >= 11 is 0. The Morgan fingerprint density at radius 3 is 2.06 bits per heavy atom. The molecule has 31 heavy (non-hydrogen) atoms. The Labute approximate surface area is 177 Å². The number of rotatable bonds is 4. The molecule has 0 aliphatic carbocycles. The van der Waals surface area contributed by atoms with Crippen LogP contribution >= 0.6 is 0 Å². The number of nitrogens with one attached hydrogen (secondary N) is 3. The van der Waals surface area contributed by atoms with Crippen molar-refractivity contribution in [2.45, 2.75) is 0 Å². The average Bonchev–Trinajstić information content (AvgIpc) is 3.52. The van der Waals surface area contributed by atoms with Crippen molar-refractivity contribution in [2.75, 3.05) is 14.2 Å². The molecule has 0 radical (unpaired) electrons. The van der Waals surface area contributed by atoms with E-state index in [1.165, 1.54) is 0 Å². The lowest BCUT2D eigenvalue weighted by molar-refractivity contribution is 0.415. The van der Waals surface area contributed by atoms with Gasteiger partial charge in [0.05, 0.1) is 19.9 Å². The number of nitrogens with zero attached hydrogens (tertiary/aromatic N) is 1. The van der Waals surface area contributed by atoms with Crippen LogP contribution in [0.2, 0.25) is 0 Å². The summed E-state index contributed by atoms with van der Waals surface area (Å²) in [7, 11) is 3.37. The van der Waals surface area contributed by atoms with Gasteiger partial charge in [0, 0.05) is 62.5 Å². The number of ether oxygens (including phenoxy) is 2. The van der Waals surface area contributed by atoms with Gasteiger partial charge >= 0.3 is 0 Å². The van der Waals surface area contributed by atoms with Crippen LogP contribution in [0.3, 0.4) is 0 Å². The normalized spacial score (nSPS) is 11.5. The Hall–Kier alpha value is -4.19. The monoisotopic (exact) mass is 408 g/mol. The molecule has 0 saturated heterocycles. The van der Waals surface area contributed by atoms with Gasteiger partial charge in [0.25, 0.3) is 0 Å². The van der Waals surface area contributed by atoms with Crippen LogP contribution in [0.4, 0.5) is 0 Å². The summed E-state index contributed by atoms with van der Waals surface area (Å²) in [6.45, 7) is 0. The van der Waals surface area contributed by atoms with Crippen molar-refractivity contribution in [1.29, 1.82) is 0 Å². The highest BCUT2D eigenvalue weighted by Crippen LogP contribution is 2.43. The first-order chi connectivity index (χ1) is 15.3. The van der Waals surface area contributed by atoms with Crippen molar-refractivity contribution < 1.29 is 9.47 Å². The maximum atomic E-state index is 5.48. The van der Waals surface area contributed by atoms with Crippen LogP contribution in [-0.2, 0) is 0 Å². The SMILES string of the molecule is COc1ccc2[nH]cc(-c3[nH]c4ncccc4c3-c3c[nH]c4ccc(OC)cc34)c2c1. The number of aromatic nitrogens is 4. The van der Waals surface area contributed by atoms with Crippen molar-refractivity contribution in [1.82, 2.24) is 19.9 Å². The third-order valence-electron chi connectivity index (χ3n) is 5.89. The van der Waals surface area contributed by atoms with Gasteiger partial charge in [-0.3, -0.25) is 0 Å². The maximum absolute atomic E-state index is 5.48. The molecule has 3 N–H and O–H groups in total. The first kappa shape index (κ1) is 17.7. The van der Waals surface area contributed by atoms with Gasteiger partial charge in [0.15, 0.2) is 0 Å². The van der Waals surface area contributed by atoms with Gasteiger partial charge in [0.1, 0.15) is 17.1 Å². The zero-order chi connectivity index (χ0) is 20.9. The summed E-state index contributed by atoms with van der Waals surface area (Å²) < 4.78 is 11.0. The van der Waals surface area contributed by atoms with Crippen molar-refractivity contribution in [3.63, 3.8) is 0 Å². The molecule has 0 aliphatic rings. The largest absolute Gasteiger partial charge is 0.497 e. The van der Waals surface area contributed by atoms with Crippen molar-refractivity contribution >= 4 is 32.8 Å². The minimum atomic E-state index is 0.820. The topological polar surface area (TPSA) is 78.7 Å². The van der Waals surface area contributed by atoms with E-state index < -0.39 is 0 Å². The van der Waals surface area contributed by atoms with Crippen molar-refractivity contribution in [2.24, 2.45) is 0 Å². The lowest BCUT2D eigenvalue weighted by Crippen LogP contribution is -1.84. The summed E-state index contributed by atoms with van der Waals surface area (Å²) in [5, 5.41) is 3.26. The van der Waals surface area contributed by atoms with Crippen molar-refractivity contribution in [3.8, 4) is 33.9 Å². The minimum absolute atomic E-state index is 0.820. The van der Waals surface area contributed by atoms with Crippen LogP contribution in [0.25, 0.3) is 55.2 Å². The number of H-pyrrole nitrogens is 3. The molecular weight excluding hydrogens is 388 g/mol. The fourth-order valence-electron chi connectivity index (χ4n) is 4.37. The van der Waals surface area contributed by atoms with Gasteiger partial charge in [-0.1, -0.05) is 0 Å². The van der Waals surface area contributed by atoms with Crippen LogP contribution < -0.4 is 9.47 Å². The van der Waals surface area contributed by atoms with Crippen LogP contribution in [0.15, 0.2) is 67.1 Å². The molecule has 0 amide bonds. The highest BCUT2D eigenvalue weighted by molar-refractivity contribution is 6.12. The van der Waals surface area contributed by atoms with E-state index >= 15 is 0 Å². The van der Waals surface area contributed by atoms with Crippen molar-refractivity contribution in [3.05, 3.63) is 67.1 Å². The first-order valence-electron chi connectivity index (χ1n) is 10.0. The highest BCUT2D eigenvalue weighted by atomic mass is 16.5. The predicted octanol–water partition coefficient (Wildman–Crippen LogP) is 5.88. The molecule has 0 fully saturated rings. The molecule has 6 nitrogen and oxygen atoms in total. The number of hydrogen-bond acceptors (Lipinski definition) is 3. The van der Waals surface area contributed by atoms with Crippen LogP contribution in [0.1, 0.15) is 0 Å². The second-order valence-electron chi connectivity index (χ2n) is 7.50. The van der Waals surface area contributed by atoms with Crippen LogP contribution in [-0.4, -0.2) is 34.2 Å². The second-order valence-corrected chi connectivity index (χ2v) is 7.50. The van der Waals surface area contributed by atoms with E-state index in [-0.39, 0.29) is 0 Å². The Kier molecular flexibility index (Phi) is 3.80. The molecule has 0 aliphatic heterocycles. The molecule has 6 aromatic rings. The molecule has 0 unspecified atom stereocenters. The number of benzene rings is 2. The third kappa shape index (κ3) is 2.61. The molecule has 2 aromatic carbocycles. The number of methoxy groups -OCH3 is 2. The number of fused-ring (bicyclic) bond motifs is 3. The van der Waals surface area contributed by atoms with E-state index in [0.29, 0.717) is 0 Å². The first-order valence-corrected chi connectivity index (χ1v) is 10.0. The van der Waals surface area contributed by atoms with E-state index in [9.17, 15) is 0 Å². The quantitative estimate of drug-likeness (QED) is 0.341. The summed E-state index contributed by atoms with van der Waals surface area (Å²) in [4.78, 5) is 14.9. The maximum Gasteiger partial charge on any atom is 0.138 e. The van der Waals surface area contributed by atoms with Crippen LogP contribution in [0.5, 0.6) is 11.5 Å². The Morgan fingerprint density at radius 2 is 1.39 bits per heavy atom. The van der Waals surface area contributed by atoms with Gasteiger partial charge in [-0.25, -0.2) is 4.98 Å². The molecular formula is C25H20N4O2. The minimum Gasteiger partial charge on any atom is -0.497 e. The Bertz CT molecular complexity index is 1570. The lowest BCUT2D eigenvalue weighted by Gasteiger charge is -2.06. The smallest absolute Gasteiger partial charge is 0.138 e. The lowest BCUT2D eigenvalue weighted by atomic mass is 9.98. The van der Waals surface area contributed by atoms with Gasteiger partial charge in [-0.15, -0.1) is 0 Å². The van der Waals surface area contributed by atoms with Crippen LogP contribution in [0, 0.1) is 0 Å². The summed E-state index contributed by atoms with van der Waals surface area (Å²) in [5.41, 5.74) is 7.24. The molecule has 0 atom stereocenters. The molecule has 4 heterocycles. The molecule has 152 valence electrons. The predicted molar refractivity (Wildman–Crippen MR) is 124 cm³/mol. The summed E-state index contributed by atoms with van der Waals surface area (Å²) in [5.74, 6) is 1.64. The van der Waals surface area contributed by atoms with Gasteiger partial charge in [-0.05, 0) is 48.5 Å². The second kappa shape index (κ2) is 6.67. The third-order valence-corrected chi connectivity index (χ3v) is 5.89. The number of pyridine rings is 1. The van der Waals surface area contributed by atoms with E-state index in [1.54, 1.807) is 14.2 Å².